The summed E-state index contributed by atoms with van der Waals surface area (Å²) >= 11 is 2.08. The van der Waals surface area contributed by atoms with Crippen LogP contribution >= 0.6 is 34.1 Å². The molecular weight excluding hydrogens is 318 g/mol. The second kappa shape index (κ2) is 18.1. The van der Waals surface area contributed by atoms with E-state index in [1.807, 2.05) is 12.2 Å². The predicted molar refractivity (Wildman–Crippen MR) is 89.0 cm³/mol. The van der Waals surface area contributed by atoms with E-state index in [4.69, 9.17) is 0 Å². The molecule has 0 aromatic carbocycles. The number of rotatable bonds is 0. The summed E-state index contributed by atoms with van der Waals surface area (Å²) in [5.41, 5.74) is 0.953. The molecule has 0 bridgehead atoms. The van der Waals surface area contributed by atoms with Crippen molar-refractivity contribution in [1.29, 1.82) is 0 Å². The van der Waals surface area contributed by atoms with Crippen molar-refractivity contribution in [3.05, 3.63) is 24.3 Å². The molecule has 0 aromatic heterocycles. The van der Waals surface area contributed by atoms with Gasteiger partial charge >= 0.3 is 37.6 Å². The molecule has 2 aliphatic rings. The second-order valence-corrected chi connectivity index (χ2v) is 6.91. The standard InChI is InChI=1S/C6H13P.C5H5.C3H6.2ClH.Ti/c7-6-4-2-1-3-5-6;1-2-4-5-3-1;1-3-2;;;/h6H,1-5,7H2;1-3H,4H2;1-2H3;2*1H;/q;-1;;;;+1. The minimum atomic E-state index is 0. The summed E-state index contributed by atoms with van der Waals surface area (Å²) in [5, 5.41) is 0. The van der Waals surface area contributed by atoms with Gasteiger partial charge in [-0.3, -0.25) is 6.08 Å². The fourth-order valence-electron chi connectivity index (χ4n) is 1.47. The molecule has 0 heterocycles. The van der Waals surface area contributed by atoms with E-state index < -0.39 is 0 Å². The molecule has 1 fully saturated rings. The first kappa shape index (κ1) is 24.1. The Morgan fingerprint density at radius 3 is 1.83 bits per heavy atom. The molecule has 1 saturated carbocycles. The molecule has 0 radical (unpaired) electrons. The number of hydrogen-bond acceptors (Lipinski definition) is 0. The minimum Gasteiger partial charge on any atom is -0.273 e. The molecule has 4 heteroatoms. The number of allylic oxidation sites excluding steroid dienone is 4. The van der Waals surface area contributed by atoms with Crippen molar-refractivity contribution in [3.63, 3.8) is 0 Å². The van der Waals surface area contributed by atoms with Crippen LogP contribution in [0.5, 0.6) is 0 Å². The first-order chi connectivity index (χ1) is 7.63. The van der Waals surface area contributed by atoms with Crippen LogP contribution in [0.4, 0.5) is 0 Å². The van der Waals surface area contributed by atoms with Gasteiger partial charge in [0.25, 0.3) is 0 Å². The summed E-state index contributed by atoms with van der Waals surface area (Å²) in [6, 6.07) is 0. The van der Waals surface area contributed by atoms with Crippen LogP contribution in [0.2, 0.25) is 0 Å². The molecule has 105 valence electrons. The molecule has 0 saturated heterocycles. The molecule has 2 rings (SSSR count). The topological polar surface area (TPSA) is 0 Å². The zero-order valence-electron chi connectivity index (χ0n) is 11.4. The summed E-state index contributed by atoms with van der Waals surface area (Å²) in [7, 11) is 2.91. The van der Waals surface area contributed by atoms with E-state index in [1.54, 1.807) is 0 Å². The smallest absolute Gasteiger partial charge is 0.0264 e. The first-order valence-corrected chi connectivity index (χ1v) is 7.56. The molecule has 2 aliphatic carbocycles. The largest absolute Gasteiger partial charge is 0.273 e. The Kier molecular flexibility index (Phi) is 24.2. The molecule has 0 aromatic rings. The van der Waals surface area contributed by atoms with Crippen molar-refractivity contribution in [2.75, 3.05) is 0 Å². The fraction of sp³-hybridized carbons (Fsp3) is 0.643. The molecule has 0 aliphatic heterocycles. The number of hydrogen-bond donors (Lipinski definition) is 0. The second-order valence-electron chi connectivity index (χ2n) is 4.40. The third-order valence-electron chi connectivity index (χ3n) is 2.24. The summed E-state index contributed by atoms with van der Waals surface area (Å²) in [6.45, 7) is 4.17. The monoisotopic (exact) mass is 343 g/mol. The van der Waals surface area contributed by atoms with E-state index in [9.17, 15) is 0 Å². The molecule has 0 nitrogen and oxygen atoms in total. The predicted octanol–water partition coefficient (Wildman–Crippen LogP) is 5.09. The van der Waals surface area contributed by atoms with Gasteiger partial charge in [0, 0.05) is 0 Å². The molecule has 0 spiro atoms. The van der Waals surface area contributed by atoms with Gasteiger partial charge in [-0.1, -0.05) is 19.3 Å². The van der Waals surface area contributed by atoms with Crippen molar-refractivity contribution in [3.8, 4) is 0 Å². The van der Waals surface area contributed by atoms with Crippen molar-refractivity contribution >= 4 is 37.9 Å². The molecule has 18 heavy (non-hydrogen) atoms. The summed E-state index contributed by atoms with van der Waals surface area (Å²) in [4.78, 5) is 0. The van der Waals surface area contributed by atoms with Crippen molar-refractivity contribution in [1.82, 2.24) is 0 Å². The Labute approximate surface area is 139 Å². The average molecular weight is 344 g/mol. The van der Waals surface area contributed by atoms with Crippen molar-refractivity contribution < 1.29 is 20.0 Å². The molecule has 1 atom stereocenters. The average Bonchev–Trinajstić information content (AvgIpc) is 2.75. The van der Waals surface area contributed by atoms with Gasteiger partial charge in [0.15, 0.2) is 0 Å². The van der Waals surface area contributed by atoms with Crippen LogP contribution < -0.4 is 0 Å². The Hall–Kier alpha value is 1.07. The van der Waals surface area contributed by atoms with E-state index in [1.165, 1.54) is 35.9 Å². The Morgan fingerprint density at radius 1 is 1.17 bits per heavy atom. The zero-order valence-corrected chi connectivity index (χ0v) is 15.8. The van der Waals surface area contributed by atoms with E-state index in [0.717, 1.165) is 12.1 Å². The Morgan fingerprint density at radius 2 is 1.67 bits per heavy atom. The van der Waals surface area contributed by atoms with Crippen LogP contribution in [-0.2, 0) is 20.0 Å². The van der Waals surface area contributed by atoms with Gasteiger partial charge in [-0.05, 0) is 18.5 Å². The third-order valence-corrected chi connectivity index (χ3v) is 2.90. The van der Waals surface area contributed by atoms with Crippen LogP contribution in [0, 0.1) is 6.08 Å². The van der Waals surface area contributed by atoms with Gasteiger partial charge in [-0.2, -0.15) is 6.08 Å². The summed E-state index contributed by atoms with van der Waals surface area (Å²) in [6.07, 6.45) is 17.3. The summed E-state index contributed by atoms with van der Waals surface area (Å²) in [5.74, 6) is 0. The van der Waals surface area contributed by atoms with E-state index in [-0.39, 0.29) is 24.8 Å². The van der Waals surface area contributed by atoms with Crippen molar-refractivity contribution in [2.45, 2.75) is 58.0 Å². The van der Waals surface area contributed by atoms with Crippen LogP contribution in [0.15, 0.2) is 18.2 Å². The van der Waals surface area contributed by atoms with Gasteiger partial charge < -0.3 is 0 Å². The number of halogens is 2. The summed E-state index contributed by atoms with van der Waals surface area (Å²) < 4.78 is 1.42. The Bertz CT molecular complexity index is 220. The van der Waals surface area contributed by atoms with Crippen molar-refractivity contribution in [2.24, 2.45) is 0 Å². The van der Waals surface area contributed by atoms with Crippen LogP contribution in [-0.4, -0.2) is 9.47 Å². The fourth-order valence-corrected chi connectivity index (χ4v) is 1.95. The molecule has 0 N–H and O–H groups in total. The first-order valence-electron chi connectivity index (χ1n) is 6.12. The SMILES string of the molecule is C[C](C)=[Ti+].Cl.Cl.PC1CCCCC1.[C-]1=CC=CC1. The maximum absolute atomic E-state index is 2.99. The minimum absolute atomic E-state index is 0. The maximum Gasteiger partial charge on any atom is -0.0264 e. The molecular formula is C14H26Cl2PTi. The quantitative estimate of drug-likeness (QED) is 0.326. The van der Waals surface area contributed by atoms with Crippen LogP contribution in [0.3, 0.4) is 0 Å². The van der Waals surface area contributed by atoms with E-state index in [0.29, 0.717) is 0 Å². The van der Waals surface area contributed by atoms with E-state index in [2.05, 4.69) is 55.2 Å². The molecule has 0 amide bonds. The molecule has 1 unspecified atom stereocenters. The van der Waals surface area contributed by atoms with Crippen LogP contribution in [0.25, 0.3) is 0 Å². The third kappa shape index (κ3) is 22.3. The van der Waals surface area contributed by atoms with E-state index >= 15 is 0 Å². The van der Waals surface area contributed by atoms with Gasteiger partial charge in [0.2, 0.25) is 0 Å². The normalized spacial score (nSPS) is 16.3. The Balaban J connectivity index is -0.000000185. The van der Waals surface area contributed by atoms with Crippen LogP contribution in [0.1, 0.15) is 52.4 Å². The maximum atomic E-state index is 2.99. The zero-order chi connectivity index (χ0) is 12.2. The van der Waals surface area contributed by atoms with Gasteiger partial charge in [0.1, 0.15) is 0 Å². The van der Waals surface area contributed by atoms with Gasteiger partial charge in [-0.25, -0.2) is 12.2 Å². The van der Waals surface area contributed by atoms with Gasteiger partial charge in [-0.15, -0.1) is 40.5 Å². The van der Waals surface area contributed by atoms with Gasteiger partial charge in [0.05, 0.1) is 0 Å².